The molecule has 0 radical (unpaired) electrons. The molecule has 0 aliphatic carbocycles. The molecule has 1 aliphatic rings. The molecule has 3 nitrogen and oxygen atoms in total. The number of nitrogens with zero attached hydrogens (tertiary/aromatic N) is 2. The molecule has 1 aromatic carbocycles. The van der Waals surface area contributed by atoms with Gasteiger partial charge in [-0.25, -0.2) is 0 Å². The van der Waals surface area contributed by atoms with Crippen LogP contribution in [-0.2, 0) is 0 Å². The van der Waals surface area contributed by atoms with Crippen LogP contribution in [0.4, 0.5) is 0 Å². The van der Waals surface area contributed by atoms with Crippen molar-refractivity contribution in [3.05, 3.63) is 57.3 Å². The minimum Gasteiger partial charge on any atom is -0.331 e. The first-order valence-corrected chi connectivity index (χ1v) is 7.97. The Hall–Kier alpha value is -2.56. The molecule has 0 N–H and O–H groups in total. The first-order chi connectivity index (χ1) is 10.7. The summed E-state index contributed by atoms with van der Waals surface area (Å²) in [6.07, 6.45) is 7.29. The lowest BCUT2D eigenvalue weighted by Gasteiger charge is -2.24. The molecular weight excluding hydrogens is 292 g/mol. The van der Waals surface area contributed by atoms with Crippen molar-refractivity contribution in [2.75, 3.05) is 6.54 Å². The van der Waals surface area contributed by atoms with Crippen LogP contribution in [0.2, 0.25) is 0 Å². The summed E-state index contributed by atoms with van der Waals surface area (Å²) in [7, 11) is 0. The van der Waals surface area contributed by atoms with Gasteiger partial charge >= 0.3 is 0 Å². The third-order valence-corrected chi connectivity index (χ3v) is 4.86. The number of nitriles is 1. The number of likely N-dealkylation sites (tertiary alicyclic amines) is 1. The fraction of sp³-hybridized carbons (Fsp3) is 0.222. The highest BCUT2D eigenvalue weighted by molar-refractivity contribution is 7.12. The largest absolute Gasteiger partial charge is 0.331 e. The summed E-state index contributed by atoms with van der Waals surface area (Å²) in [6.45, 7) is 0.725. The second kappa shape index (κ2) is 6.05. The van der Waals surface area contributed by atoms with Gasteiger partial charge in [0.1, 0.15) is 10.9 Å². The van der Waals surface area contributed by atoms with E-state index in [1.807, 2.05) is 29.2 Å². The molecule has 0 bridgehead atoms. The number of hydrogen-bond acceptors (Lipinski definition) is 3. The van der Waals surface area contributed by atoms with Crippen molar-refractivity contribution < 1.29 is 4.79 Å². The summed E-state index contributed by atoms with van der Waals surface area (Å²) in [6, 6.07) is 11.6. The summed E-state index contributed by atoms with van der Waals surface area (Å²) < 4.78 is 0. The number of hydrogen-bond donors (Lipinski definition) is 0. The lowest BCUT2D eigenvalue weighted by molar-refractivity contribution is 0.0740. The van der Waals surface area contributed by atoms with E-state index in [1.165, 1.54) is 11.3 Å². The third kappa shape index (κ3) is 2.50. The van der Waals surface area contributed by atoms with E-state index in [0.717, 1.165) is 30.5 Å². The molecule has 1 saturated heterocycles. The van der Waals surface area contributed by atoms with Gasteiger partial charge in [0.25, 0.3) is 5.91 Å². The topological polar surface area (TPSA) is 44.1 Å². The first kappa shape index (κ1) is 14.4. The fourth-order valence-corrected chi connectivity index (χ4v) is 3.65. The minimum atomic E-state index is -0.0462. The summed E-state index contributed by atoms with van der Waals surface area (Å²) in [4.78, 5) is 15.2. The van der Waals surface area contributed by atoms with Crippen molar-refractivity contribution in [3.8, 4) is 18.4 Å². The second-order valence-corrected chi connectivity index (χ2v) is 6.11. The Morgan fingerprint density at radius 2 is 2.09 bits per heavy atom. The zero-order valence-corrected chi connectivity index (χ0v) is 12.8. The van der Waals surface area contributed by atoms with E-state index in [4.69, 9.17) is 11.7 Å². The predicted molar refractivity (Wildman–Crippen MR) is 86.4 cm³/mol. The van der Waals surface area contributed by atoms with Gasteiger partial charge in [0.2, 0.25) is 0 Å². The third-order valence-electron chi connectivity index (χ3n) is 3.96. The van der Waals surface area contributed by atoms with Crippen LogP contribution >= 0.6 is 11.3 Å². The van der Waals surface area contributed by atoms with Crippen LogP contribution in [0.5, 0.6) is 0 Å². The van der Waals surface area contributed by atoms with Crippen LogP contribution in [0.25, 0.3) is 0 Å². The smallest absolute Gasteiger partial charge is 0.265 e. The molecular formula is C18H14N2OS. The van der Waals surface area contributed by atoms with Crippen molar-refractivity contribution in [2.24, 2.45) is 0 Å². The summed E-state index contributed by atoms with van der Waals surface area (Å²) in [5, 5.41) is 10.9. The lowest BCUT2D eigenvalue weighted by Crippen LogP contribution is -2.30. The number of amides is 1. The second-order valence-electron chi connectivity index (χ2n) is 5.20. The normalized spacial score (nSPS) is 17.0. The lowest BCUT2D eigenvalue weighted by atomic mass is 10.0. The van der Waals surface area contributed by atoms with Gasteiger partial charge in [-0.15, -0.1) is 17.8 Å². The highest BCUT2D eigenvalue weighted by Crippen LogP contribution is 2.34. The van der Waals surface area contributed by atoms with Crippen LogP contribution < -0.4 is 0 Å². The molecule has 3 rings (SSSR count). The maximum atomic E-state index is 12.7. The van der Waals surface area contributed by atoms with Gasteiger partial charge in [-0.3, -0.25) is 4.79 Å². The average Bonchev–Trinajstić information content (AvgIpc) is 3.23. The number of carbonyl (C=O) groups excluding carboxylic acids is 1. The molecule has 1 aromatic heterocycles. The number of rotatable bonds is 2. The number of thiophene rings is 1. The van der Waals surface area contributed by atoms with Crippen LogP contribution in [0.1, 0.15) is 45.2 Å². The van der Waals surface area contributed by atoms with E-state index < -0.39 is 0 Å². The molecule has 2 heterocycles. The van der Waals surface area contributed by atoms with Gasteiger partial charge in [-0.2, -0.15) is 5.26 Å². The average molecular weight is 306 g/mol. The van der Waals surface area contributed by atoms with Crippen molar-refractivity contribution >= 4 is 17.2 Å². The summed E-state index contributed by atoms with van der Waals surface area (Å²) >= 11 is 1.33. The Morgan fingerprint density at radius 3 is 2.77 bits per heavy atom. The Labute approximate surface area is 133 Å². The highest BCUT2D eigenvalue weighted by atomic mass is 32.1. The van der Waals surface area contributed by atoms with Gasteiger partial charge in [-0.1, -0.05) is 18.1 Å². The highest BCUT2D eigenvalue weighted by Gasteiger charge is 2.32. The van der Waals surface area contributed by atoms with Gasteiger partial charge in [-0.05, 0) is 42.0 Å². The SMILES string of the molecule is C#Cc1ccc(C2CCCN2C(=O)c2sccc2C#N)cc1. The number of benzene rings is 1. The van der Waals surface area contributed by atoms with Gasteiger partial charge in [0.05, 0.1) is 11.6 Å². The molecule has 1 amide bonds. The molecule has 4 heteroatoms. The van der Waals surface area contributed by atoms with E-state index in [1.54, 1.807) is 11.4 Å². The van der Waals surface area contributed by atoms with Crippen LogP contribution in [0, 0.1) is 23.7 Å². The summed E-state index contributed by atoms with van der Waals surface area (Å²) in [5.74, 6) is 2.56. The minimum absolute atomic E-state index is 0.0462. The molecule has 1 aliphatic heterocycles. The Morgan fingerprint density at radius 1 is 1.32 bits per heavy atom. The quantitative estimate of drug-likeness (QED) is 0.796. The zero-order chi connectivity index (χ0) is 15.5. The van der Waals surface area contributed by atoms with Gasteiger partial charge in [0, 0.05) is 12.1 Å². The molecule has 1 atom stereocenters. The maximum absolute atomic E-state index is 12.7. The molecule has 0 saturated carbocycles. The Kier molecular flexibility index (Phi) is 3.96. The van der Waals surface area contributed by atoms with Crippen molar-refractivity contribution in [1.29, 1.82) is 5.26 Å². The van der Waals surface area contributed by atoms with E-state index >= 15 is 0 Å². The zero-order valence-electron chi connectivity index (χ0n) is 12.0. The molecule has 2 aromatic rings. The van der Waals surface area contributed by atoms with E-state index in [2.05, 4.69) is 12.0 Å². The number of terminal acetylenes is 1. The van der Waals surface area contributed by atoms with Crippen LogP contribution in [0.15, 0.2) is 35.7 Å². The maximum Gasteiger partial charge on any atom is 0.265 e. The predicted octanol–water partition coefficient (Wildman–Crippen LogP) is 3.58. The number of carbonyl (C=O) groups is 1. The van der Waals surface area contributed by atoms with Crippen molar-refractivity contribution in [2.45, 2.75) is 18.9 Å². The van der Waals surface area contributed by atoms with Crippen molar-refractivity contribution in [3.63, 3.8) is 0 Å². The molecule has 1 unspecified atom stereocenters. The monoisotopic (exact) mass is 306 g/mol. The first-order valence-electron chi connectivity index (χ1n) is 7.09. The van der Waals surface area contributed by atoms with Crippen LogP contribution in [0.3, 0.4) is 0 Å². The fourth-order valence-electron chi connectivity index (χ4n) is 2.85. The van der Waals surface area contributed by atoms with Gasteiger partial charge in [0.15, 0.2) is 0 Å². The van der Waals surface area contributed by atoms with Crippen molar-refractivity contribution in [1.82, 2.24) is 4.90 Å². The van der Waals surface area contributed by atoms with E-state index in [9.17, 15) is 4.79 Å². The summed E-state index contributed by atoms with van der Waals surface area (Å²) in [5.41, 5.74) is 2.40. The van der Waals surface area contributed by atoms with Gasteiger partial charge < -0.3 is 4.90 Å². The molecule has 108 valence electrons. The standard InChI is InChI=1S/C18H14N2OS/c1-2-13-5-7-14(8-6-13)16-4-3-10-20(16)18(21)17-15(12-19)9-11-22-17/h1,5-9,11,16H,3-4,10H2. The van der Waals surface area contributed by atoms with E-state index in [-0.39, 0.29) is 11.9 Å². The molecule has 22 heavy (non-hydrogen) atoms. The van der Waals surface area contributed by atoms with E-state index in [0.29, 0.717) is 10.4 Å². The molecule has 1 fully saturated rings. The Bertz CT molecular complexity index is 777. The molecule has 0 spiro atoms. The Balaban J connectivity index is 1.88. The van der Waals surface area contributed by atoms with Crippen LogP contribution in [-0.4, -0.2) is 17.4 Å².